The van der Waals surface area contributed by atoms with Gasteiger partial charge in [0.05, 0.1) is 24.7 Å². The summed E-state index contributed by atoms with van der Waals surface area (Å²) in [5, 5.41) is 8.67. The first-order chi connectivity index (χ1) is 7.27. The van der Waals surface area contributed by atoms with E-state index in [0.717, 1.165) is 0 Å². The zero-order valence-electron chi connectivity index (χ0n) is 9.49. The van der Waals surface area contributed by atoms with Crippen molar-refractivity contribution in [3.8, 4) is 6.07 Å². The fourth-order valence-electron chi connectivity index (χ4n) is 1.17. The Morgan fingerprint density at radius 3 is 2.73 bits per heavy atom. The summed E-state index contributed by atoms with van der Waals surface area (Å²) < 4.78 is 4.57. The first-order valence-electron chi connectivity index (χ1n) is 5.12. The van der Waals surface area contributed by atoms with E-state index in [1.165, 1.54) is 7.11 Å². The number of carbonyl (C=O) groups is 1. The largest absolute Gasteiger partial charge is 0.465 e. The highest BCUT2D eigenvalue weighted by Crippen LogP contribution is 2.16. The number of allylic oxidation sites excluding steroid dienone is 2. The van der Waals surface area contributed by atoms with Crippen LogP contribution in [0, 0.1) is 17.2 Å². The van der Waals surface area contributed by atoms with Gasteiger partial charge in [-0.25, -0.2) is 4.79 Å². The Labute approximate surface area is 91.0 Å². The van der Waals surface area contributed by atoms with Crippen LogP contribution >= 0.6 is 0 Å². The highest BCUT2D eigenvalue weighted by atomic mass is 16.5. The number of carbonyl (C=O) groups excluding carboxylic acids is 1. The SMILES string of the molecule is CC.COC(=O)C1=CCC(C#N)CC=C1. The maximum Gasteiger partial charge on any atom is 0.337 e. The van der Waals surface area contributed by atoms with Crippen LogP contribution in [0.15, 0.2) is 23.8 Å². The number of hydrogen-bond donors (Lipinski definition) is 0. The van der Waals surface area contributed by atoms with Gasteiger partial charge in [-0.05, 0) is 12.8 Å². The van der Waals surface area contributed by atoms with Crippen molar-refractivity contribution in [3.63, 3.8) is 0 Å². The number of nitrogens with zero attached hydrogens (tertiary/aromatic N) is 1. The summed E-state index contributed by atoms with van der Waals surface area (Å²) in [4.78, 5) is 11.1. The number of rotatable bonds is 1. The van der Waals surface area contributed by atoms with Crippen LogP contribution in [0.1, 0.15) is 26.7 Å². The molecule has 0 aliphatic heterocycles. The van der Waals surface area contributed by atoms with E-state index in [0.29, 0.717) is 18.4 Å². The van der Waals surface area contributed by atoms with Gasteiger partial charge in [0, 0.05) is 0 Å². The zero-order valence-corrected chi connectivity index (χ0v) is 9.49. The molecule has 0 bridgehead atoms. The van der Waals surface area contributed by atoms with E-state index < -0.39 is 0 Å². The van der Waals surface area contributed by atoms with Crippen molar-refractivity contribution in [2.45, 2.75) is 26.7 Å². The Hall–Kier alpha value is -1.56. The molecule has 3 nitrogen and oxygen atoms in total. The summed E-state index contributed by atoms with van der Waals surface area (Å²) in [6.45, 7) is 4.00. The predicted octanol–water partition coefficient (Wildman–Crippen LogP) is 2.60. The molecule has 15 heavy (non-hydrogen) atoms. The molecule has 0 N–H and O–H groups in total. The van der Waals surface area contributed by atoms with Crippen LogP contribution in [0.4, 0.5) is 0 Å². The first-order valence-corrected chi connectivity index (χ1v) is 5.12. The van der Waals surface area contributed by atoms with Crippen molar-refractivity contribution < 1.29 is 9.53 Å². The average molecular weight is 207 g/mol. The van der Waals surface area contributed by atoms with Gasteiger partial charge < -0.3 is 4.74 Å². The number of methoxy groups -OCH3 is 1. The molecule has 0 saturated heterocycles. The molecule has 0 radical (unpaired) electrons. The molecule has 1 aliphatic rings. The minimum Gasteiger partial charge on any atom is -0.465 e. The van der Waals surface area contributed by atoms with Crippen molar-refractivity contribution in [2.75, 3.05) is 7.11 Å². The fraction of sp³-hybridized carbons (Fsp3) is 0.500. The summed E-state index contributed by atoms with van der Waals surface area (Å²) >= 11 is 0. The lowest BCUT2D eigenvalue weighted by Crippen LogP contribution is -2.02. The van der Waals surface area contributed by atoms with Gasteiger partial charge >= 0.3 is 5.97 Å². The maximum absolute atomic E-state index is 11.1. The third kappa shape index (κ3) is 4.46. The second kappa shape index (κ2) is 7.81. The van der Waals surface area contributed by atoms with Crippen LogP contribution in [0.3, 0.4) is 0 Å². The Bertz CT molecular complexity index is 297. The Balaban J connectivity index is 0.000000921. The van der Waals surface area contributed by atoms with Crippen molar-refractivity contribution in [2.24, 2.45) is 5.92 Å². The van der Waals surface area contributed by atoms with Gasteiger partial charge in [0.15, 0.2) is 0 Å². The quantitative estimate of drug-likeness (QED) is 0.621. The van der Waals surface area contributed by atoms with E-state index in [2.05, 4.69) is 10.8 Å². The monoisotopic (exact) mass is 207 g/mol. The van der Waals surface area contributed by atoms with Crippen molar-refractivity contribution in [1.29, 1.82) is 5.26 Å². The maximum atomic E-state index is 11.1. The highest BCUT2D eigenvalue weighted by Gasteiger charge is 2.11. The molecule has 0 fully saturated rings. The summed E-state index contributed by atoms with van der Waals surface area (Å²) in [6.07, 6.45) is 6.62. The van der Waals surface area contributed by atoms with Gasteiger partial charge in [-0.1, -0.05) is 32.1 Å². The number of hydrogen-bond acceptors (Lipinski definition) is 3. The average Bonchev–Trinajstić information content (AvgIpc) is 2.55. The van der Waals surface area contributed by atoms with Crippen LogP contribution in [0.2, 0.25) is 0 Å². The third-order valence-corrected chi connectivity index (χ3v) is 1.94. The van der Waals surface area contributed by atoms with Gasteiger partial charge in [-0.15, -0.1) is 0 Å². The van der Waals surface area contributed by atoms with Gasteiger partial charge in [-0.3, -0.25) is 0 Å². The van der Waals surface area contributed by atoms with Crippen molar-refractivity contribution in [3.05, 3.63) is 23.8 Å². The Kier molecular flexibility index (Phi) is 7.00. The Morgan fingerprint density at radius 2 is 2.20 bits per heavy atom. The molecule has 1 rings (SSSR count). The normalized spacial score (nSPS) is 18.8. The minimum absolute atomic E-state index is 0.0154. The summed E-state index contributed by atoms with van der Waals surface area (Å²) in [6, 6.07) is 2.17. The number of nitriles is 1. The number of esters is 1. The summed E-state index contributed by atoms with van der Waals surface area (Å²) in [5.41, 5.74) is 0.542. The van der Waals surface area contributed by atoms with Gasteiger partial charge in [0.2, 0.25) is 0 Å². The molecule has 1 atom stereocenters. The van der Waals surface area contributed by atoms with Crippen LogP contribution < -0.4 is 0 Å². The molecule has 0 amide bonds. The molecule has 1 unspecified atom stereocenters. The van der Waals surface area contributed by atoms with Crippen LogP contribution in [-0.2, 0) is 9.53 Å². The van der Waals surface area contributed by atoms with E-state index in [9.17, 15) is 4.79 Å². The molecule has 0 aromatic heterocycles. The molecular weight excluding hydrogens is 190 g/mol. The van der Waals surface area contributed by atoms with Gasteiger partial charge in [0.1, 0.15) is 0 Å². The second-order valence-corrected chi connectivity index (χ2v) is 2.85. The van der Waals surface area contributed by atoms with Crippen molar-refractivity contribution >= 4 is 5.97 Å². The second-order valence-electron chi connectivity index (χ2n) is 2.85. The van der Waals surface area contributed by atoms with E-state index in [1.54, 1.807) is 12.2 Å². The van der Waals surface area contributed by atoms with E-state index >= 15 is 0 Å². The van der Waals surface area contributed by atoms with E-state index in [-0.39, 0.29) is 11.9 Å². The molecule has 0 aromatic carbocycles. The standard InChI is InChI=1S/C10H11NO2.C2H6/c1-13-10(12)9-4-2-3-8(7-11)5-6-9;1-2/h2,4,6,8H,3,5H2,1H3;1-2H3. The highest BCUT2D eigenvalue weighted by molar-refractivity contribution is 5.91. The van der Waals surface area contributed by atoms with E-state index in [4.69, 9.17) is 5.26 Å². The third-order valence-electron chi connectivity index (χ3n) is 1.94. The minimum atomic E-state index is -0.338. The van der Waals surface area contributed by atoms with Crippen LogP contribution in [0.25, 0.3) is 0 Å². The van der Waals surface area contributed by atoms with Crippen LogP contribution in [-0.4, -0.2) is 13.1 Å². The lowest BCUT2D eigenvalue weighted by Gasteiger charge is -1.98. The fourth-order valence-corrected chi connectivity index (χ4v) is 1.17. The first kappa shape index (κ1) is 13.4. The molecular formula is C12H17NO2. The zero-order chi connectivity index (χ0) is 11.7. The summed E-state index contributed by atoms with van der Waals surface area (Å²) in [5.74, 6) is -0.353. The molecule has 0 heterocycles. The Morgan fingerprint density at radius 1 is 1.53 bits per heavy atom. The summed E-state index contributed by atoms with van der Waals surface area (Å²) in [7, 11) is 1.35. The van der Waals surface area contributed by atoms with Gasteiger partial charge in [0.25, 0.3) is 0 Å². The lowest BCUT2D eigenvalue weighted by atomic mass is 10.0. The van der Waals surface area contributed by atoms with Crippen molar-refractivity contribution in [1.82, 2.24) is 0 Å². The number of ether oxygens (including phenoxy) is 1. The molecule has 0 spiro atoms. The van der Waals surface area contributed by atoms with Crippen LogP contribution in [0.5, 0.6) is 0 Å². The van der Waals surface area contributed by atoms with Gasteiger partial charge in [-0.2, -0.15) is 5.26 Å². The molecule has 0 aromatic rings. The molecule has 3 heteroatoms. The smallest absolute Gasteiger partial charge is 0.337 e. The molecule has 0 saturated carbocycles. The molecule has 1 aliphatic carbocycles. The lowest BCUT2D eigenvalue weighted by molar-refractivity contribution is -0.135. The molecule has 82 valence electrons. The topological polar surface area (TPSA) is 50.1 Å². The predicted molar refractivity (Wildman–Crippen MR) is 58.9 cm³/mol. The van der Waals surface area contributed by atoms with E-state index in [1.807, 2.05) is 19.9 Å².